The Kier molecular flexibility index (Phi) is 8.17. The van der Waals surface area contributed by atoms with Crippen LogP contribution in [0.3, 0.4) is 0 Å². The minimum Gasteiger partial charge on any atom is -0.476 e. The highest BCUT2D eigenvalue weighted by atomic mass is 32.2. The van der Waals surface area contributed by atoms with Gasteiger partial charge in [0.2, 0.25) is 5.88 Å². The van der Waals surface area contributed by atoms with Crippen molar-refractivity contribution >= 4 is 26.7 Å². The molecule has 3 heterocycles. The van der Waals surface area contributed by atoms with E-state index in [1.165, 1.54) is 18.5 Å². The van der Waals surface area contributed by atoms with E-state index in [9.17, 15) is 21.6 Å². The van der Waals surface area contributed by atoms with Gasteiger partial charge in [0.1, 0.15) is 34.4 Å². The van der Waals surface area contributed by atoms with Crippen molar-refractivity contribution in [2.24, 2.45) is 0 Å². The quantitative estimate of drug-likeness (QED) is 0.426. The van der Waals surface area contributed by atoms with Crippen molar-refractivity contribution in [3.05, 3.63) is 53.1 Å². The van der Waals surface area contributed by atoms with E-state index in [0.717, 1.165) is 11.6 Å². The lowest BCUT2D eigenvalue weighted by Crippen LogP contribution is -2.24. The molecule has 1 aliphatic heterocycles. The fourth-order valence-corrected chi connectivity index (χ4v) is 5.88. The van der Waals surface area contributed by atoms with E-state index in [0.29, 0.717) is 48.7 Å². The maximum atomic E-state index is 14.8. The Morgan fingerprint density at radius 3 is 2.54 bits per heavy atom. The second-order valence-corrected chi connectivity index (χ2v) is 11.8. The van der Waals surface area contributed by atoms with Crippen LogP contribution in [0.4, 0.5) is 19.0 Å². The predicted octanol–water partition coefficient (Wildman–Crippen LogP) is 4.51. The molecule has 0 saturated carbocycles. The number of hydrogen-bond acceptors (Lipinski definition) is 8. The van der Waals surface area contributed by atoms with Crippen molar-refractivity contribution in [2.75, 3.05) is 44.1 Å². The zero-order valence-corrected chi connectivity index (χ0v) is 21.7. The summed E-state index contributed by atoms with van der Waals surface area (Å²) in [5, 5.41) is 3.65. The van der Waals surface area contributed by atoms with Crippen LogP contribution in [0, 0.1) is 5.82 Å². The lowest BCUT2D eigenvalue weighted by Gasteiger charge is -2.25. The average molecular weight is 538 g/mol. The standard InChI is InChI=1S/C25H30F3N5O3S/c1-15(17-5-4-6-18(21(17)26)22(27)28)31-23-20-13-19(16-7-11-37(34,35)12-8-16)25(36-10-9-33(2)3)32-24(20)30-14-29-23/h4-6,13-16,22H,7-12H2,1-3H3,(H,29,30,31,32)/t15-/m1/s1. The molecule has 12 heteroatoms. The van der Waals surface area contributed by atoms with Gasteiger partial charge in [-0.05, 0) is 45.8 Å². The molecule has 8 nitrogen and oxygen atoms in total. The van der Waals surface area contributed by atoms with Crippen LogP contribution in [0.25, 0.3) is 11.0 Å². The molecule has 0 amide bonds. The van der Waals surface area contributed by atoms with Crippen LogP contribution < -0.4 is 10.1 Å². The monoisotopic (exact) mass is 537 g/mol. The molecular weight excluding hydrogens is 507 g/mol. The van der Waals surface area contributed by atoms with Crippen molar-refractivity contribution in [1.29, 1.82) is 0 Å². The highest BCUT2D eigenvalue weighted by molar-refractivity contribution is 7.91. The number of pyridine rings is 1. The molecule has 1 aliphatic rings. The fourth-order valence-electron chi connectivity index (χ4n) is 4.39. The second kappa shape index (κ2) is 11.2. The molecule has 1 atom stereocenters. The van der Waals surface area contributed by atoms with Gasteiger partial charge in [0.15, 0.2) is 5.65 Å². The van der Waals surface area contributed by atoms with Crippen molar-refractivity contribution < 1.29 is 26.3 Å². The van der Waals surface area contributed by atoms with E-state index in [1.54, 1.807) is 6.92 Å². The number of benzene rings is 1. The van der Waals surface area contributed by atoms with Gasteiger partial charge in [0, 0.05) is 17.7 Å². The van der Waals surface area contributed by atoms with Crippen molar-refractivity contribution in [3.63, 3.8) is 0 Å². The number of aromatic nitrogens is 3. The SMILES string of the molecule is C[C@@H](Nc1ncnc2nc(OCCN(C)C)c(C3CCS(=O)(=O)CC3)cc12)c1cccc(C(F)F)c1F. The molecule has 0 unspecified atom stereocenters. The Morgan fingerprint density at radius 1 is 1.16 bits per heavy atom. The van der Waals surface area contributed by atoms with Crippen LogP contribution in [-0.4, -0.2) is 67.0 Å². The van der Waals surface area contributed by atoms with Crippen molar-refractivity contribution in [2.45, 2.75) is 38.2 Å². The zero-order valence-electron chi connectivity index (χ0n) is 20.9. The Morgan fingerprint density at radius 2 is 1.86 bits per heavy atom. The zero-order chi connectivity index (χ0) is 26.7. The van der Waals surface area contributed by atoms with E-state index in [-0.39, 0.29) is 23.0 Å². The van der Waals surface area contributed by atoms with E-state index in [2.05, 4.69) is 20.3 Å². The number of anilines is 1. The summed E-state index contributed by atoms with van der Waals surface area (Å²) in [4.78, 5) is 15.2. The summed E-state index contributed by atoms with van der Waals surface area (Å²) in [5.41, 5.74) is 0.532. The summed E-state index contributed by atoms with van der Waals surface area (Å²) < 4.78 is 71.2. The number of hydrogen-bond donors (Lipinski definition) is 1. The van der Waals surface area contributed by atoms with Crippen LogP contribution in [-0.2, 0) is 9.84 Å². The van der Waals surface area contributed by atoms with Crippen LogP contribution in [0.2, 0.25) is 0 Å². The van der Waals surface area contributed by atoms with Gasteiger partial charge in [0.25, 0.3) is 6.43 Å². The van der Waals surface area contributed by atoms with Gasteiger partial charge >= 0.3 is 0 Å². The number of fused-ring (bicyclic) bond motifs is 1. The predicted molar refractivity (Wildman–Crippen MR) is 135 cm³/mol. The molecule has 1 saturated heterocycles. The number of rotatable bonds is 9. The van der Waals surface area contributed by atoms with Gasteiger partial charge in [-0.2, -0.15) is 4.98 Å². The largest absolute Gasteiger partial charge is 0.476 e. The smallest absolute Gasteiger partial charge is 0.266 e. The number of sulfone groups is 1. The fraction of sp³-hybridized carbons (Fsp3) is 0.480. The Hall–Kier alpha value is -2.99. The first-order chi connectivity index (χ1) is 17.6. The number of ether oxygens (including phenoxy) is 1. The second-order valence-electron chi connectivity index (χ2n) is 9.47. The third kappa shape index (κ3) is 6.30. The van der Waals surface area contributed by atoms with Crippen molar-refractivity contribution in [3.8, 4) is 5.88 Å². The van der Waals surface area contributed by atoms with Gasteiger partial charge in [-0.25, -0.2) is 31.6 Å². The molecule has 1 fully saturated rings. The Balaban J connectivity index is 1.71. The Bertz CT molecular complexity index is 1360. The minimum absolute atomic E-state index is 0.0823. The first-order valence-electron chi connectivity index (χ1n) is 12.0. The summed E-state index contributed by atoms with van der Waals surface area (Å²) >= 11 is 0. The maximum Gasteiger partial charge on any atom is 0.266 e. The molecule has 37 heavy (non-hydrogen) atoms. The van der Waals surface area contributed by atoms with Gasteiger partial charge in [-0.15, -0.1) is 0 Å². The molecule has 0 radical (unpaired) electrons. The third-order valence-corrected chi connectivity index (χ3v) is 8.22. The maximum absolute atomic E-state index is 14.8. The number of nitrogens with one attached hydrogen (secondary N) is 1. The summed E-state index contributed by atoms with van der Waals surface area (Å²) in [6.07, 6.45) is -0.730. The molecule has 0 aliphatic carbocycles. The summed E-state index contributed by atoms with van der Waals surface area (Å²) in [7, 11) is 0.784. The van der Waals surface area contributed by atoms with E-state index < -0.39 is 33.7 Å². The topological polar surface area (TPSA) is 97.3 Å². The van der Waals surface area contributed by atoms with E-state index >= 15 is 0 Å². The lowest BCUT2D eigenvalue weighted by molar-refractivity contribution is 0.146. The number of halogens is 3. The number of nitrogens with zero attached hydrogens (tertiary/aromatic N) is 4. The van der Waals surface area contributed by atoms with Gasteiger partial charge in [-0.1, -0.05) is 18.2 Å². The minimum atomic E-state index is -3.07. The molecule has 200 valence electrons. The molecule has 0 spiro atoms. The average Bonchev–Trinajstić information content (AvgIpc) is 2.83. The molecule has 4 rings (SSSR count). The first kappa shape index (κ1) is 27.1. The van der Waals surface area contributed by atoms with Crippen LogP contribution >= 0.6 is 0 Å². The number of alkyl halides is 2. The number of likely N-dealkylation sites (N-methyl/N-ethyl adjacent to an activating group) is 1. The highest BCUT2D eigenvalue weighted by Gasteiger charge is 2.29. The molecule has 3 aromatic rings. The highest BCUT2D eigenvalue weighted by Crippen LogP contribution is 2.37. The summed E-state index contributed by atoms with van der Waals surface area (Å²) in [6.45, 7) is 2.70. The Labute approximate surface area is 214 Å². The van der Waals surface area contributed by atoms with Gasteiger partial charge in [-0.3, -0.25) is 0 Å². The van der Waals surface area contributed by atoms with Crippen LogP contribution in [0.5, 0.6) is 5.88 Å². The van der Waals surface area contributed by atoms with Gasteiger partial charge < -0.3 is 15.0 Å². The van der Waals surface area contributed by atoms with Crippen molar-refractivity contribution in [1.82, 2.24) is 19.9 Å². The molecule has 1 N–H and O–H groups in total. The third-order valence-electron chi connectivity index (χ3n) is 6.50. The van der Waals surface area contributed by atoms with E-state index in [1.807, 2.05) is 25.1 Å². The van der Waals surface area contributed by atoms with Crippen LogP contribution in [0.15, 0.2) is 30.6 Å². The van der Waals surface area contributed by atoms with Crippen LogP contribution in [0.1, 0.15) is 54.8 Å². The van der Waals surface area contributed by atoms with E-state index in [4.69, 9.17) is 4.74 Å². The molecule has 2 aromatic heterocycles. The van der Waals surface area contributed by atoms with Gasteiger partial charge in [0.05, 0.1) is 28.5 Å². The molecule has 1 aromatic carbocycles. The summed E-state index contributed by atoms with van der Waals surface area (Å²) in [5.74, 6) is -0.126. The molecule has 0 bridgehead atoms. The molecular formula is C25H30F3N5O3S. The summed E-state index contributed by atoms with van der Waals surface area (Å²) in [6, 6.07) is 5.07. The first-order valence-corrected chi connectivity index (χ1v) is 13.8. The lowest BCUT2D eigenvalue weighted by atomic mass is 9.93. The normalized spacial score (nSPS) is 16.9.